The number of para-hydroxylation sites is 1. The molecule has 0 bridgehead atoms. The number of amides is 1. The summed E-state index contributed by atoms with van der Waals surface area (Å²) in [6, 6.07) is 6.19. The molecule has 2 saturated heterocycles. The zero-order valence-corrected chi connectivity index (χ0v) is 19.9. The Morgan fingerprint density at radius 3 is 2.36 bits per heavy atom. The third kappa shape index (κ3) is 7.45. The number of carbonyl (C=O) groups is 1. The number of unbranched alkanes of at least 4 members (excludes halogenated alkanes) is 1. The molecule has 2 aliphatic rings. The van der Waals surface area contributed by atoms with Crippen molar-refractivity contribution < 1.29 is 35.1 Å². The zero-order valence-electron chi connectivity index (χ0n) is 19.9. The Morgan fingerprint density at radius 2 is 1.76 bits per heavy atom. The molecule has 2 fully saturated rings. The van der Waals surface area contributed by atoms with Crippen molar-refractivity contribution in [1.29, 1.82) is 0 Å². The van der Waals surface area contributed by atoms with E-state index in [0.717, 1.165) is 42.7 Å². The molecule has 1 amide bonds. The van der Waals surface area contributed by atoms with Crippen molar-refractivity contribution in [3.8, 4) is 0 Å². The molecule has 1 aromatic rings. The van der Waals surface area contributed by atoms with E-state index in [1.54, 1.807) is 0 Å². The fourth-order valence-electron chi connectivity index (χ4n) is 4.22. The first-order chi connectivity index (χ1) is 15.7. The molecule has 0 spiro atoms. The number of nitrogens with zero attached hydrogens (tertiary/aromatic N) is 1. The van der Waals surface area contributed by atoms with Gasteiger partial charge in [-0.05, 0) is 57.3 Å². The van der Waals surface area contributed by atoms with Crippen LogP contribution in [0.5, 0.6) is 0 Å². The molecular formula is C24H40N2O7. The second-order valence-corrected chi connectivity index (χ2v) is 8.88. The average Bonchev–Trinajstić information content (AvgIpc) is 2.81. The van der Waals surface area contributed by atoms with Crippen LogP contribution in [0.2, 0.25) is 0 Å². The van der Waals surface area contributed by atoms with Crippen molar-refractivity contribution in [2.45, 2.75) is 89.6 Å². The summed E-state index contributed by atoms with van der Waals surface area (Å²) in [4.78, 5) is 15.1. The highest BCUT2D eigenvalue weighted by molar-refractivity contribution is 5.96. The summed E-state index contributed by atoms with van der Waals surface area (Å²) in [7, 11) is 0. The first kappa shape index (κ1) is 27.7. The van der Waals surface area contributed by atoms with Crippen molar-refractivity contribution in [2.24, 2.45) is 0 Å². The van der Waals surface area contributed by atoms with E-state index in [1.165, 1.54) is 19.3 Å². The van der Waals surface area contributed by atoms with Gasteiger partial charge in [-0.15, -0.1) is 0 Å². The molecule has 3 rings (SSSR count). The van der Waals surface area contributed by atoms with Gasteiger partial charge in [0.15, 0.2) is 6.29 Å². The van der Waals surface area contributed by atoms with Gasteiger partial charge < -0.3 is 35.6 Å². The van der Waals surface area contributed by atoms with Crippen LogP contribution >= 0.6 is 0 Å². The first-order valence-corrected chi connectivity index (χ1v) is 11.8. The minimum absolute atomic E-state index is 0.0457. The predicted molar refractivity (Wildman–Crippen MR) is 125 cm³/mol. The molecule has 2 aliphatic heterocycles. The van der Waals surface area contributed by atoms with E-state index in [2.05, 4.69) is 47.9 Å². The monoisotopic (exact) mass is 468 g/mol. The second-order valence-electron chi connectivity index (χ2n) is 8.88. The summed E-state index contributed by atoms with van der Waals surface area (Å²) in [6.45, 7) is 7.89. The van der Waals surface area contributed by atoms with Gasteiger partial charge in [0.25, 0.3) is 0 Å². The number of anilines is 1. The van der Waals surface area contributed by atoms with Crippen molar-refractivity contribution in [1.82, 2.24) is 4.90 Å². The van der Waals surface area contributed by atoms with Gasteiger partial charge in [-0.3, -0.25) is 9.69 Å². The molecule has 9 heteroatoms. The largest absolute Gasteiger partial charge is 0.394 e. The van der Waals surface area contributed by atoms with Crippen LogP contribution in [0.1, 0.15) is 50.2 Å². The van der Waals surface area contributed by atoms with Gasteiger partial charge in [-0.2, -0.15) is 0 Å². The molecule has 33 heavy (non-hydrogen) atoms. The average molecular weight is 469 g/mol. The number of hydrogen-bond donors (Lipinski definition) is 6. The van der Waals surface area contributed by atoms with Crippen LogP contribution in [0.15, 0.2) is 18.2 Å². The molecule has 2 unspecified atom stereocenters. The minimum atomic E-state index is -1.57. The Kier molecular flexibility index (Phi) is 11.2. The first-order valence-electron chi connectivity index (χ1n) is 11.8. The summed E-state index contributed by atoms with van der Waals surface area (Å²) in [6.07, 6.45) is -1.32. The third-order valence-corrected chi connectivity index (χ3v) is 6.31. The van der Waals surface area contributed by atoms with E-state index in [-0.39, 0.29) is 11.9 Å². The van der Waals surface area contributed by atoms with Gasteiger partial charge in [0.05, 0.1) is 12.6 Å². The predicted octanol–water partition coefficient (Wildman–Crippen LogP) is 0.675. The summed E-state index contributed by atoms with van der Waals surface area (Å²) in [5.74, 6) is 0.170. The summed E-state index contributed by atoms with van der Waals surface area (Å²) >= 11 is 0. The van der Waals surface area contributed by atoms with Crippen molar-refractivity contribution in [2.75, 3.05) is 25.0 Å². The quantitative estimate of drug-likeness (QED) is 0.358. The molecule has 0 aromatic heterocycles. The second kappa shape index (κ2) is 13.3. The lowest BCUT2D eigenvalue weighted by molar-refractivity contribution is -0.286. The molecule has 188 valence electrons. The number of piperidine rings is 1. The standard InChI is InChI=1S/C18H28N2O.C6H12O6/c1-4-5-12-20-13-7-6-11-16(20)18(21)19-17-14(2)9-8-10-15(17)3;7-1-2-3(8)4(9)5(10)6(11)12-2/h8-10,16H,4-7,11-13H2,1-3H3,(H,19,21);2-11H,1H2/t;2-,3-,4+,5-,6?/m.1/s1. The van der Waals surface area contributed by atoms with E-state index >= 15 is 0 Å². The summed E-state index contributed by atoms with van der Waals surface area (Å²) in [5, 5.41) is 47.8. The number of rotatable bonds is 6. The van der Waals surface area contributed by atoms with Gasteiger partial charge in [-0.1, -0.05) is 38.0 Å². The van der Waals surface area contributed by atoms with E-state index in [0.29, 0.717) is 0 Å². The van der Waals surface area contributed by atoms with Gasteiger partial charge in [0, 0.05) is 5.69 Å². The van der Waals surface area contributed by atoms with Gasteiger partial charge in [0.1, 0.15) is 24.4 Å². The normalized spacial score (nSPS) is 30.3. The molecule has 0 aliphatic carbocycles. The van der Waals surface area contributed by atoms with Crippen LogP contribution in [0, 0.1) is 13.8 Å². The number of benzene rings is 1. The van der Waals surface area contributed by atoms with Crippen LogP contribution in [0.4, 0.5) is 5.69 Å². The SMILES string of the molecule is CCCCN1CCCCC1C(=O)Nc1c(C)cccc1C.OC[C@H]1OC(O)[C@H](O)[C@@H](O)[C@@H]1O. The summed E-state index contributed by atoms with van der Waals surface area (Å²) in [5.41, 5.74) is 3.27. The number of ether oxygens (including phenoxy) is 1. The molecule has 0 saturated carbocycles. The Labute approximate surface area is 196 Å². The smallest absolute Gasteiger partial charge is 0.241 e. The lowest BCUT2D eigenvalue weighted by Crippen LogP contribution is -2.58. The maximum atomic E-state index is 12.7. The van der Waals surface area contributed by atoms with Crippen LogP contribution in [-0.4, -0.2) is 92.8 Å². The van der Waals surface area contributed by atoms with Crippen molar-refractivity contribution >= 4 is 11.6 Å². The highest BCUT2D eigenvalue weighted by atomic mass is 16.6. The Hall–Kier alpha value is -1.59. The van der Waals surface area contributed by atoms with Gasteiger partial charge in [-0.25, -0.2) is 0 Å². The Balaban J connectivity index is 0.000000273. The van der Waals surface area contributed by atoms with E-state index in [4.69, 9.17) is 25.5 Å². The minimum Gasteiger partial charge on any atom is -0.394 e. The number of aryl methyl sites for hydroxylation is 2. The van der Waals surface area contributed by atoms with Crippen molar-refractivity contribution in [3.05, 3.63) is 29.3 Å². The maximum absolute atomic E-state index is 12.7. The summed E-state index contributed by atoms with van der Waals surface area (Å²) < 4.78 is 4.58. The molecule has 6 atom stereocenters. The number of carbonyl (C=O) groups excluding carboxylic acids is 1. The highest BCUT2D eigenvalue weighted by Gasteiger charge is 2.42. The van der Waals surface area contributed by atoms with E-state index in [9.17, 15) is 4.79 Å². The lowest BCUT2D eigenvalue weighted by Gasteiger charge is -2.37. The zero-order chi connectivity index (χ0) is 24.5. The van der Waals surface area contributed by atoms with Crippen molar-refractivity contribution in [3.63, 3.8) is 0 Å². The molecule has 0 radical (unpaired) electrons. The number of hydrogen-bond acceptors (Lipinski definition) is 8. The van der Waals surface area contributed by atoms with Crippen LogP contribution in [-0.2, 0) is 9.53 Å². The Morgan fingerprint density at radius 1 is 1.09 bits per heavy atom. The number of aliphatic hydroxyl groups is 5. The van der Waals surface area contributed by atoms with Gasteiger partial charge >= 0.3 is 0 Å². The molecular weight excluding hydrogens is 428 g/mol. The topological polar surface area (TPSA) is 143 Å². The fourth-order valence-corrected chi connectivity index (χ4v) is 4.22. The molecule has 9 nitrogen and oxygen atoms in total. The van der Waals surface area contributed by atoms with Crippen LogP contribution < -0.4 is 5.32 Å². The Bertz CT molecular complexity index is 723. The molecule has 2 heterocycles. The van der Waals surface area contributed by atoms with Crippen LogP contribution in [0.3, 0.4) is 0 Å². The fraction of sp³-hybridized carbons (Fsp3) is 0.708. The third-order valence-electron chi connectivity index (χ3n) is 6.31. The number of aliphatic hydroxyl groups excluding tert-OH is 5. The van der Waals surface area contributed by atoms with Crippen LogP contribution in [0.25, 0.3) is 0 Å². The molecule has 6 N–H and O–H groups in total. The number of nitrogens with one attached hydrogen (secondary N) is 1. The molecule has 1 aromatic carbocycles. The van der Waals surface area contributed by atoms with Gasteiger partial charge in [0.2, 0.25) is 5.91 Å². The number of likely N-dealkylation sites (tertiary alicyclic amines) is 1. The van der Waals surface area contributed by atoms with E-state index in [1.807, 2.05) is 6.07 Å². The lowest BCUT2D eigenvalue weighted by atomic mass is 10.00. The van der Waals surface area contributed by atoms with E-state index < -0.39 is 37.3 Å². The highest BCUT2D eigenvalue weighted by Crippen LogP contribution is 2.23. The maximum Gasteiger partial charge on any atom is 0.241 e.